The highest BCUT2D eigenvalue weighted by molar-refractivity contribution is 7.92. The molecule has 3 aromatic carbocycles. The number of nitrogens with one attached hydrogen (secondary N) is 2. The maximum atomic E-state index is 13.7. The van der Waals surface area contributed by atoms with E-state index in [-0.39, 0.29) is 21.2 Å². The molecule has 3 rings (SSSR count). The van der Waals surface area contributed by atoms with Gasteiger partial charge in [-0.2, -0.15) is 0 Å². The summed E-state index contributed by atoms with van der Waals surface area (Å²) in [4.78, 5) is 12.2. The molecule has 1 amide bonds. The highest BCUT2D eigenvalue weighted by atomic mass is 35.5. The quantitative estimate of drug-likeness (QED) is 0.536. The van der Waals surface area contributed by atoms with Crippen LogP contribution in [0.4, 0.5) is 15.8 Å². The van der Waals surface area contributed by atoms with E-state index in [1.165, 1.54) is 49.4 Å². The second-order valence-corrected chi connectivity index (χ2v) is 8.68. The first-order valence-electron chi connectivity index (χ1n) is 8.31. The van der Waals surface area contributed by atoms with Crippen molar-refractivity contribution in [3.8, 4) is 0 Å². The fraction of sp³-hybridized carbons (Fsp3) is 0.0500. The van der Waals surface area contributed by atoms with Gasteiger partial charge < -0.3 is 5.32 Å². The van der Waals surface area contributed by atoms with Gasteiger partial charge in [0.2, 0.25) is 0 Å². The molecule has 9 heteroatoms. The normalized spacial score (nSPS) is 11.2. The van der Waals surface area contributed by atoms with E-state index in [0.29, 0.717) is 16.3 Å². The maximum absolute atomic E-state index is 13.7. The van der Waals surface area contributed by atoms with Crippen molar-refractivity contribution >= 4 is 50.5 Å². The highest BCUT2D eigenvalue weighted by Crippen LogP contribution is 2.25. The Morgan fingerprint density at radius 1 is 0.931 bits per heavy atom. The Labute approximate surface area is 177 Å². The van der Waals surface area contributed by atoms with Crippen molar-refractivity contribution in [3.05, 3.63) is 87.7 Å². The van der Waals surface area contributed by atoms with Gasteiger partial charge in [-0.05, 0) is 61.0 Å². The van der Waals surface area contributed by atoms with E-state index >= 15 is 0 Å². The third-order valence-electron chi connectivity index (χ3n) is 4.01. The van der Waals surface area contributed by atoms with Crippen LogP contribution >= 0.6 is 23.2 Å². The molecule has 0 aromatic heterocycles. The zero-order chi connectivity index (χ0) is 21.2. The second-order valence-electron chi connectivity index (χ2n) is 6.18. The summed E-state index contributed by atoms with van der Waals surface area (Å²) in [7, 11) is -4.02. The minimum atomic E-state index is -4.02. The molecule has 2 N–H and O–H groups in total. The average molecular weight is 453 g/mol. The summed E-state index contributed by atoms with van der Waals surface area (Å²) >= 11 is 11.8. The number of sulfonamides is 1. The summed E-state index contributed by atoms with van der Waals surface area (Å²) in [5.74, 6) is -1.09. The van der Waals surface area contributed by atoms with Crippen molar-refractivity contribution in [2.24, 2.45) is 0 Å². The van der Waals surface area contributed by atoms with Gasteiger partial charge in [-0.15, -0.1) is 0 Å². The molecule has 5 nitrogen and oxygen atoms in total. The fourth-order valence-corrected chi connectivity index (χ4v) is 3.81. The van der Waals surface area contributed by atoms with Crippen LogP contribution in [0.3, 0.4) is 0 Å². The molecular weight excluding hydrogens is 438 g/mol. The minimum Gasteiger partial charge on any atom is -0.322 e. The first-order chi connectivity index (χ1) is 13.7. The lowest BCUT2D eigenvalue weighted by Crippen LogP contribution is -2.15. The summed E-state index contributed by atoms with van der Waals surface area (Å²) in [5, 5.41) is 3.30. The zero-order valence-corrected chi connectivity index (χ0v) is 17.4. The molecule has 0 aliphatic carbocycles. The number of carbonyl (C=O) groups is 1. The SMILES string of the molecule is Cc1ccc(S(=O)(=O)Nc2cccc(C(=O)Nc3ccc(Cl)c(Cl)c3)c2)cc1F. The Kier molecular flexibility index (Phi) is 6.12. The van der Waals surface area contributed by atoms with Crippen LogP contribution in [0, 0.1) is 12.7 Å². The highest BCUT2D eigenvalue weighted by Gasteiger charge is 2.17. The standard InChI is InChI=1S/C20H15Cl2FN2O3S/c1-12-5-7-16(11-19(12)23)29(27,28)25-15-4-2-3-13(9-15)20(26)24-14-6-8-17(21)18(22)10-14/h2-11,25H,1H3,(H,24,26). The van der Waals surface area contributed by atoms with Gasteiger partial charge in [0.25, 0.3) is 15.9 Å². The van der Waals surface area contributed by atoms with Gasteiger partial charge >= 0.3 is 0 Å². The topological polar surface area (TPSA) is 75.3 Å². The molecule has 0 aliphatic heterocycles. The minimum absolute atomic E-state index is 0.160. The van der Waals surface area contributed by atoms with E-state index in [2.05, 4.69) is 10.0 Å². The molecule has 0 bridgehead atoms. The van der Waals surface area contributed by atoms with Crippen LogP contribution in [0.2, 0.25) is 10.0 Å². The molecule has 0 saturated heterocycles. The predicted molar refractivity (Wildman–Crippen MR) is 113 cm³/mol. The van der Waals surface area contributed by atoms with Gasteiger partial charge in [-0.3, -0.25) is 9.52 Å². The number of amides is 1. The Hall–Kier alpha value is -2.61. The number of rotatable bonds is 5. The number of anilines is 2. The van der Waals surface area contributed by atoms with Crippen molar-refractivity contribution in [2.75, 3.05) is 10.0 Å². The van der Waals surface area contributed by atoms with Gasteiger partial charge in [0, 0.05) is 16.9 Å². The Balaban J connectivity index is 1.80. The fourth-order valence-electron chi connectivity index (χ4n) is 2.46. The molecule has 29 heavy (non-hydrogen) atoms. The van der Waals surface area contributed by atoms with Crippen LogP contribution in [0.5, 0.6) is 0 Å². The van der Waals surface area contributed by atoms with Crippen molar-refractivity contribution in [1.29, 1.82) is 0 Å². The van der Waals surface area contributed by atoms with Gasteiger partial charge in [0.05, 0.1) is 14.9 Å². The first-order valence-corrected chi connectivity index (χ1v) is 10.5. The van der Waals surface area contributed by atoms with Gasteiger partial charge in [-0.1, -0.05) is 35.3 Å². The summed E-state index contributed by atoms with van der Waals surface area (Å²) in [6.45, 7) is 1.54. The van der Waals surface area contributed by atoms with Gasteiger partial charge in [0.1, 0.15) is 5.82 Å². The molecule has 0 heterocycles. The summed E-state index contributed by atoms with van der Waals surface area (Å²) < 4.78 is 41.1. The van der Waals surface area contributed by atoms with Gasteiger partial charge in [0.15, 0.2) is 0 Å². The van der Waals surface area contributed by atoms with Crippen LogP contribution in [-0.2, 0) is 10.0 Å². The number of benzene rings is 3. The molecule has 0 aliphatic rings. The van der Waals surface area contributed by atoms with Crippen molar-refractivity contribution in [2.45, 2.75) is 11.8 Å². The summed E-state index contributed by atoms with van der Waals surface area (Å²) in [6.07, 6.45) is 0. The molecule has 0 spiro atoms. The van der Waals surface area contributed by atoms with Crippen LogP contribution in [0.25, 0.3) is 0 Å². The third kappa shape index (κ3) is 5.06. The number of halogens is 3. The van der Waals surface area contributed by atoms with E-state index in [0.717, 1.165) is 6.07 Å². The van der Waals surface area contributed by atoms with E-state index < -0.39 is 21.7 Å². The van der Waals surface area contributed by atoms with Crippen molar-refractivity contribution in [1.82, 2.24) is 0 Å². The molecule has 0 saturated carbocycles. The van der Waals surface area contributed by atoms with Crippen LogP contribution in [0.15, 0.2) is 65.6 Å². The molecule has 0 atom stereocenters. The third-order valence-corrected chi connectivity index (χ3v) is 6.13. The average Bonchev–Trinajstić information content (AvgIpc) is 2.66. The number of hydrogen-bond donors (Lipinski definition) is 2. The monoisotopic (exact) mass is 452 g/mol. The van der Waals surface area contributed by atoms with Crippen LogP contribution < -0.4 is 10.0 Å². The molecule has 0 radical (unpaired) electrons. The Bertz CT molecular complexity index is 1200. The number of carbonyl (C=O) groups excluding carboxylic acids is 1. The summed E-state index contributed by atoms with van der Waals surface area (Å²) in [5.41, 5.74) is 1.15. The van der Waals surface area contributed by atoms with E-state index in [9.17, 15) is 17.6 Å². The van der Waals surface area contributed by atoms with E-state index in [4.69, 9.17) is 23.2 Å². The maximum Gasteiger partial charge on any atom is 0.261 e. The lowest BCUT2D eigenvalue weighted by atomic mass is 10.2. The van der Waals surface area contributed by atoms with E-state index in [1.807, 2.05) is 0 Å². The smallest absolute Gasteiger partial charge is 0.261 e. The summed E-state index contributed by atoms with van der Waals surface area (Å²) in [6, 6.07) is 14.2. The lowest BCUT2D eigenvalue weighted by Gasteiger charge is -2.11. The first kappa shape index (κ1) is 21.1. The molecule has 3 aromatic rings. The van der Waals surface area contributed by atoms with Crippen molar-refractivity contribution in [3.63, 3.8) is 0 Å². The largest absolute Gasteiger partial charge is 0.322 e. The zero-order valence-electron chi connectivity index (χ0n) is 15.0. The second kappa shape index (κ2) is 8.41. The lowest BCUT2D eigenvalue weighted by molar-refractivity contribution is 0.102. The van der Waals surface area contributed by atoms with Crippen LogP contribution in [0.1, 0.15) is 15.9 Å². The van der Waals surface area contributed by atoms with Crippen molar-refractivity contribution < 1.29 is 17.6 Å². The van der Waals surface area contributed by atoms with Crippen LogP contribution in [-0.4, -0.2) is 14.3 Å². The molecule has 0 fully saturated rings. The number of aryl methyl sites for hydroxylation is 1. The van der Waals surface area contributed by atoms with Gasteiger partial charge in [-0.25, -0.2) is 12.8 Å². The van der Waals surface area contributed by atoms with E-state index in [1.54, 1.807) is 12.1 Å². The molecule has 150 valence electrons. The predicted octanol–water partition coefficient (Wildman–Crippen LogP) is 5.49. The Morgan fingerprint density at radius 3 is 2.38 bits per heavy atom. The number of hydrogen-bond acceptors (Lipinski definition) is 3. The molecular formula is C20H15Cl2FN2O3S. The molecule has 0 unspecified atom stereocenters. The Morgan fingerprint density at radius 2 is 1.69 bits per heavy atom.